The lowest BCUT2D eigenvalue weighted by Crippen LogP contribution is -1.99. The Morgan fingerprint density at radius 2 is 1.63 bits per heavy atom. The van der Waals surface area contributed by atoms with E-state index in [-0.39, 0.29) is 5.82 Å². The maximum atomic E-state index is 13.7. The van der Waals surface area contributed by atoms with Crippen molar-refractivity contribution < 1.29 is 4.39 Å². The molecule has 5 aromatic rings. The number of rotatable bonds is 5. The number of para-hydroxylation sites is 1. The van der Waals surface area contributed by atoms with Crippen molar-refractivity contribution in [2.24, 2.45) is 0 Å². The summed E-state index contributed by atoms with van der Waals surface area (Å²) >= 11 is 0. The van der Waals surface area contributed by atoms with E-state index in [4.69, 9.17) is 0 Å². The van der Waals surface area contributed by atoms with Gasteiger partial charge < -0.3 is 5.32 Å². The summed E-state index contributed by atoms with van der Waals surface area (Å²) in [7, 11) is 0. The largest absolute Gasteiger partial charge is 0.381 e. The van der Waals surface area contributed by atoms with Gasteiger partial charge in [0.1, 0.15) is 5.82 Å². The standard InChI is InChI=1S/C25H19FN4/c26-21-6-4-5-20(13-21)24-15-29-25-16-28-23(17-30(24)25)19-11-9-18(10-12-19)14-27-22-7-2-1-3-8-22/h1-13,15-17,27H,14H2. The van der Waals surface area contributed by atoms with E-state index in [0.717, 1.165) is 40.4 Å². The molecule has 0 saturated heterocycles. The lowest BCUT2D eigenvalue weighted by Gasteiger charge is -2.08. The number of benzene rings is 3. The van der Waals surface area contributed by atoms with Crippen LogP contribution in [-0.4, -0.2) is 14.4 Å². The molecule has 3 aromatic carbocycles. The third-order valence-electron chi connectivity index (χ3n) is 5.04. The maximum Gasteiger partial charge on any atom is 0.155 e. The number of hydrogen-bond acceptors (Lipinski definition) is 3. The van der Waals surface area contributed by atoms with Gasteiger partial charge in [0.25, 0.3) is 0 Å². The fourth-order valence-electron chi connectivity index (χ4n) is 3.45. The van der Waals surface area contributed by atoms with E-state index < -0.39 is 0 Å². The summed E-state index contributed by atoms with van der Waals surface area (Å²) in [6.45, 7) is 0.752. The second kappa shape index (κ2) is 7.79. The van der Waals surface area contributed by atoms with E-state index >= 15 is 0 Å². The molecule has 2 aromatic heterocycles. The van der Waals surface area contributed by atoms with Gasteiger partial charge in [0, 0.05) is 29.6 Å². The fraction of sp³-hybridized carbons (Fsp3) is 0.0400. The minimum atomic E-state index is -0.267. The Kier molecular flexibility index (Phi) is 4.69. The monoisotopic (exact) mass is 394 g/mol. The topological polar surface area (TPSA) is 42.2 Å². The predicted molar refractivity (Wildman–Crippen MR) is 118 cm³/mol. The zero-order valence-corrected chi connectivity index (χ0v) is 16.2. The smallest absolute Gasteiger partial charge is 0.155 e. The molecule has 0 atom stereocenters. The number of imidazole rings is 1. The van der Waals surface area contributed by atoms with Crippen LogP contribution in [0.3, 0.4) is 0 Å². The molecular weight excluding hydrogens is 375 g/mol. The normalized spacial score (nSPS) is 11.0. The zero-order valence-electron chi connectivity index (χ0n) is 16.2. The van der Waals surface area contributed by atoms with Crippen LogP contribution in [0.2, 0.25) is 0 Å². The Morgan fingerprint density at radius 1 is 0.800 bits per heavy atom. The number of hydrogen-bond donors (Lipinski definition) is 1. The molecule has 0 fully saturated rings. The molecule has 0 spiro atoms. The Balaban J connectivity index is 1.41. The van der Waals surface area contributed by atoms with Gasteiger partial charge in [-0.25, -0.2) is 9.37 Å². The van der Waals surface area contributed by atoms with Gasteiger partial charge in [-0.3, -0.25) is 9.38 Å². The van der Waals surface area contributed by atoms with Crippen LogP contribution in [0.15, 0.2) is 97.5 Å². The number of fused-ring (bicyclic) bond motifs is 1. The molecule has 30 heavy (non-hydrogen) atoms. The van der Waals surface area contributed by atoms with Gasteiger partial charge in [-0.05, 0) is 29.8 Å². The molecule has 0 radical (unpaired) electrons. The van der Waals surface area contributed by atoms with Crippen LogP contribution in [-0.2, 0) is 6.54 Å². The maximum absolute atomic E-state index is 13.7. The Morgan fingerprint density at radius 3 is 2.43 bits per heavy atom. The van der Waals surface area contributed by atoms with E-state index in [1.807, 2.05) is 34.9 Å². The van der Waals surface area contributed by atoms with Gasteiger partial charge >= 0.3 is 0 Å². The van der Waals surface area contributed by atoms with Gasteiger partial charge in [-0.2, -0.15) is 0 Å². The van der Waals surface area contributed by atoms with E-state index in [9.17, 15) is 4.39 Å². The van der Waals surface area contributed by atoms with Gasteiger partial charge in [0.2, 0.25) is 0 Å². The highest BCUT2D eigenvalue weighted by atomic mass is 19.1. The van der Waals surface area contributed by atoms with E-state index in [0.29, 0.717) is 0 Å². The molecule has 5 heteroatoms. The Hall–Kier alpha value is -3.99. The first kappa shape index (κ1) is 18.1. The van der Waals surface area contributed by atoms with Crippen LogP contribution in [0, 0.1) is 5.82 Å². The van der Waals surface area contributed by atoms with E-state index in [2.05, 4.69) is 51.7 Å². The number of aromatic nitrogens is 3. The van der Waals surface area contributed by atoms with Crippen molar-refractivity contribution in [3.63, 3.8) is 0 Å². The van der Waals surface area contributed by atoms with Crippen LogP contribution in [0.1, 0.15) is 5.56 Å². The van der Waals surface area contributed by atoms with Crippen LogP contribution < -0.4 is 5.32 Å². The molecule has 5 rings (SSSR count). The summed E-state index contributed by atoms with van der Waals surface area (Å²) in [5.41, 5.74) is 6.46. The summed E-state index contributed by atoms with van der Waals surface area (Å²) in [6.07, 6.45) is 5.43. The van der Waals surface area contributed by atoms with Crippen LogP contribution in [0.25, 0.3) is 28.2 Å². The molecule has 0 aliphatic carbocycles. The minimum absolute atomic E-state index is 0.267. The summed E-state index contributed by atoms with van der Waals surface area (Å²) in [5, 5.41) is 3.41. The van der Waals surface area contributed by atoms with Crippen molar-refractivity contribution in [2.75, 3.05) is 5.32 Å². The van der Waals surface area contributed by atoms with Crippen LogP contribution >= 0.6 is 0 Å². The molecule has 0 amide bonds. The summed E-state index contributed by atoms with van der Waals surface area (Å²) in [5.74, 6) is -0.267. The quantitative estimate of drug-likeness (QED) is 0.409. The lowest BCUT2D eigenvalue weighted by molar-refractivity contribution is 0.628. The second-order valence-corrected chi connectivity index (χ2v) is 7.07. The lowest BCUT2D eigenvalue weighted by atomic mass is 10.1. The number of halogens is 1. The third kappa shape index (κ3) is 3.65. The van der Waals surface area contributed by atoms with Crippen molar-refractivity contribution in [3.05, 3.63) is 109 Å². The van der Waals surface area contributed by atoms with Crippen molar-refractivity contribution in [3.8, 4) is 22.5 Å². The molecule has 0 aliphatic rings. The van der Waals surface area contributed by atoms with Gasteiger partial charge in [0.15, 0.2) is 5.65 Å². The molecule has 146 valence electrons. The molecule has 1 N–H and O–H groups in total. The highest BCUT2D eigenvalue weighted by molar-refractivity contribution is 5.66. The first-order valence-electron chi connectivity index (χ1n) is 9.73. The van der Waals surface area contributed by atoms with Crippen molar-refractivity contribution in [2.45, 2.75) is 6.54 Å². The van der Waals surface area contributed by atoms with Crippen molar-refractivity contribution >= 4 is 11.3 Å². The number of anilines is 1. The summed E-state index contributed by atoms with van der Waals surface area (Å²) in [6, 6.07) is 25.0. The Labute approximate surface area is 173 Å². The third-order valence-corrected chi connectivity index (χ3v) is 5.04. The highest BCUT2D eigenvalue weighted by Gasteiger charge is 2.09. The van der Waals surface area contributed by atoms with Gasteiger partial charge in [0.05, 0.1) is 23.8 Å². The van der Waals surface area contributed by atoms with Crippen LogP contribution in [0.4, 0.5) is 10.1 Å². The van der Waals surface area contributed by atoms with Crippen molar-refractivity contribution in [1.82, 2.24) is 14.4 Å². The molecule has 4 nitrogen and oxygen atoms in total. The first-order valence-corrected chi connectivity index (χ1v) is 9.73. The molecular formula is C25H19FN4. The SMILES string of the molecule is Fc1cccc(-c2cnc3cnc(-c4ccc(CNc5ccccc5)cc4)cn23)c1. The predicted octanol–water partition coefficient (Wildman–Crippen LogP) is 5.81. The van der Waals surface area contributed by atoms with Crippen LogP contribution in [0.5, 0.6) is 0 Å². The molecule has 0 bridgehead atoms. The van der Waals surface area contributed by atoms with Gasteiger partial charge in [-0.1, -0.05) is 54.6 Å². The number of nitrogens with zero attached hydrogens (tertiary/aromatic N) is 3. The second-order valence-electron chi connectivity index (χ2n) is 7.07. The Bertz CT molecular complexity index is 1290. The fourth-order valence-corrected chi connectivity index (χ4v) is 3.45. The first-order chi connectivity index (χ1) is 14.8. The average molecular weight is 394 g/mol. The molecule has 0 saturated carbocycles. The molecule has 0 unspecified atom stereocenters. The highest BCUT2D eigenvalue weighted by Crippen LogP contribution is 2.24. The summed E-state index contributed by atoms with van der Waals surface area (Å²) in [4.78, 5) is 8.95. The van der Waals surface area contributed by atoms with Gasteiger partial charge in [-0.15, -0.1) is 0 Å². The number of nitrogens with one attached hydrogen (secondary N) is 1. The zero-order chi connectivity index (χ0) is 20.3. The molecule has 2 heterocycles. The van der Waals surface area contributed by atoms with Crippen molar-refractivity contribution in [1.29, 1.82) is 0 Å². The summed E-state index contributed by atoms with van der Waals surface area (Å²) < 4.78 is 15.6. The van der Waals surface area contributed by atoms with E-state index in [1.54, 1.807) is 18.5 Å². The minimum Gasteiger partial charge on any atom is -0.381 e. The molecule has 0 aliphatic heterocycles. The van der Waals surface area contributed by atoms with E-state index in [1.165, 1.54) is 17.7 Å². The average Bonchev–Trinajstić information content (AvgIpc) is 3.22.